The van der Waals surface area contributed by atoms with Gasteiger partial charge in [0.15, 0.2) is 6.04 Å². The highest BCUT2D eigenvalue weighted by Crippen LogP contribution is 2.33. The van der Waals surface area contributed by atoms with Gasteiger partial charge in [0.1, 0.15) is 6.04 Å². The van der Waals surface area contributed by atoms with Crippen LogP contribution in [0.5, 0.6) is 0 Å². The second kappa shape index (κ2) is 8.02. The van der Waals surface area contributed by atoms with Crippen molar-refractivity contribution in [2.75, 3.05) is 0 Å². The first-order valence-corrected chi connectivity index (χ1v) is 10.6. The summed E-state index contributed by atoms with van der Waals surface area (Å²) in [5.74, 6) is -2.84. The minimum atomic E-state index is -1.26. The molecule has 0 unspecified atom stereocenters. The smallest absolute Gasteiger partial charge is 0.331 e. The number of carbonyl (C=O) groups is 4. The summed E-state index contributed by atoms with van der Waals surface area (Å²) < 4.78 is 0. The van der Waals surface area contributed by atoms with Gasteiger partial charge in [0.2, 0.25) is 5.91 Å². The van der Waals surface area contributed by atoms with Gasteiger partial charge in [-0.05, 0) is 28.8 Å². The Balaban J connectivity index is 1.62. The summed E-state index contributed by atoms with van der Waals surface area (Å²) >= 11 is 0. The third-order valence-corrected chi connectivity index (χ3v) is 6.24. The van der Waals surface area contributed by atoms with Crippen LogP contribution in [0.2, 0.25) is 0 Å². The number of hydrogen-bond donors (Lipinski definition) is 1. The number of fused-ring (bicyclic) bond motifs is 2. The third-order valence-electron chi connectivity index (χ3n) is 6.24. The standard InChI is InChI=1S/C26H20N2O5/c29-23-19-12-6-7-13-20(19)24(30)28(23)21-14-17-10-4-5-11-18(17)15-27(25(21)31)22(26(32)33)16-8-2-1-3-9-16/h1-13,21-22H,14-15H2,(H,32,33)/t21-,22-/m0/s1. The lowest BCUT2D eigenvalue weighted by molar-refractivity contribution is -0.152. The van der Waals surface area contributed by atoms with Crippen molar-refractivity contribution < 1.29 is 24.3 Å². The molecule has 0 bridgehead atoms. The SMILES string of the molecule is O=C(O)[C@H](c1ccccc1)N1Cc2ccccc2C[C@H](N2C(=O)c3ccccc3C2=O)C1=O. The van der Waals surface area contributed by atoms with Gasteiger partial charge in [-0.2, -0.15) is 0 Å². The highest BCUT2D eigenvalue weighted by Gasteiger charge is 2.47. The van der Waals surface area contributed by atoms with Crippen molar-refractivity contribution in [1.82, 2.24) is 9.80 Å². The van der Waals surface area contributed by atoms with E-state index < -0.39 is 35.8 Å². The average molecular weight is 440 g/mol. The molecule has 164 valence electrons. The van der Waals surface area contributed by atoms with Crippen LogP contribution in [-0.4, -0.2) is 44.6 Å². The summed E-state index contributed by atoms with van der Waals surface area (Å²) in [5, 5.41) is 10.1. The fourth-order valence-electron chi connectivity index (χ4n) is 4.66. The molecule has 0 saturated carbocycles. The first kappa shape index (κ1) is 20.6. The molecule has 5 rings (SSSR count). The number of carbonyl (C=O) groups excluding carboxylic acids is 3. The molecule has 2 aliphatic heterocycles. The molecule has 7 nitrogen and oxygen atoms in total. The number of rotatable bonds is 4. The molecule has 0 radical (unpaired) electrons. The predicted molar refractivity (Wildman–Crippen MR) is 118 cm³/mol. The summed E-state index contributed by atoms with van der Waals surface area (Å²) in [6, 6.07) is 19.9. The molecule has 0 saturated heterocycles. The molecule has 33 heavy (non-hydrogen) atoms. The van der Waals surface area contributed by atoms with E-state index in [4.69, 9.17) is 0 Å². The maximum Gasteiger partial charge on any atom is 0.331 e. The lowest BCUT2D eigenvalue weighted by atomic mass is 10.0. The van der Waals surface area contributed by atoms with Gasteiger partial charge in [-0.25, -0.2) is 4.79 Å². The number of carboxylic acids is 1. The molecule has 7 heteroatoms. The van der Waals surface area contributed by atoms with Crippen molar-refractivity contribution in [3.8, 4) is 0 Å². The maximum absolute atomic E-state index is 13.9. The normalized spacial score (nSPS) is 18.5. The molecule has 3 aromatic carbocycles. The number of hydrogen-bond acceptors (Lipinski definition) is 4. The van der Waals surface area contributed by atoms with Crippen molar-refractivity contribution in [2.24, 2.45) is 0 Å². The Morgan fingerprint density at radius 2 is 1.33 bits per heavy atom. The molecule has 2 aliphatic rings. The van der Waals surface area contributed by atoms with Crippen LogP contribution in [0.3, 0.4) is 0 Å². The van der Waals surface area contributed by atoms with Crippen molar-refractivity contribution in [1.29, 1.82) is 0 Å². The van der Waals surface area contributed by atoms with Crippen molar-refractivity contribution in [3.05, 3.63) is 107 Å². The molecule has 3 aromatic rings. The van der Waals surface area contributed by atoms with Gasteiger partial charge >= 0.3 is 5.97 Å². The van der Waals surface area contributed by atoms with Gasteiger partial charge < -0.3 is 10.0 Å². The first-order chi connectivity index (χ1) is 16.0. The lowest BCUT2D eigenvalue weighted by Gasteiger charge is -2.33. The van der Waals surface area contributed by atoms with Gasteiger partial charge in [-0.1, -0.05) is 66.7 Å². The zero-order valence-corrected chi connectivity index (χ0v) is 17.5. The zero-order chi connectivity index (χ0) is 23.1. The van der Waals surface area contributed by atoms with Gasteiger partial charge in [-0.3, -0.25) is 19.3 Å². The molecule has 0 aliphatic carbocycles. The number of amides is 3. The molecule has 0 spiro atoms. The topological polar surface area (TPSA) is 95.0 Å². The quantitative estimate of drug-likeness (QED) is 0.630. The van der Waals surface area contributed by atoms with Crippen LogP contribution < -0.4 is 0 Å². The highest BCUT2D eigenvalue weighted by molar-refractivity contribution is 6.23. The molecule has 0 aromatic heterocycles. The summed E-state index contributed by atoms with van der Waals surface area (Å²) in [4.78, 5) is 54.8. The van der Waals surface area contributed by atoms with Crippen LogP contribution in [0.4, 0.5) is 0 Å². The zero-order valence-electron chi connectivity index (χ0n) is 17.5. The molecule has 3 amide bonds. The number of benzene rings is 3. The second-order valence-corrected chi connectivity index (χ2v) is 8.13. The second-order valence-electron chi connectivity index (χ2n) is 8.13. The van der Waals surface area contributed by atoms with Gasteiger partial charge in [-0.15, -0.1) is 0 Å². The molecule has 2 heterocycles. The Morgan fingerprint density at radius 3 is 1.94 bits per heavy atom. The summed E-state index contributed by atoms with van der Waals surface area (Å²) in [5.41, 5.74) is 2.52. The predicted octanol–water partition coefficient (Wildman–Crippen LogP) is 3.06. The average Bonchev–Trinajstić information content (AvgIpc) is 2.98. The molecule has 1 N–H and O–H groups in total. The van der Waals surface area contributed by atoms with Crippen molar-refractivity contribution in [3.63, 3.8) is 0 Å². The van der Waals surface area contributed by atoms with Crippen LogP contribution in [0, 0.1) is 0 Å². The third kappa shape index (κ3) is 3.38. The van der Waals surface area contributed by atoms with Crippen molar-refractivity contribution >= 4 is 23.7 Å². The van der Waals surface area contributed by atoms with E-state index in [0.29, 0.717) is 5.56 Å². The van der Waals surface area contributed by atoms with E-state index in [1.54, 1.807) is 54.6 Å². The van der Waals surface area contributed by atoms with E-state index in [-0.39, 0.29) is 24.1 Å². The Hall–Kier alpha value is -4.26. The van der Waals surface area contributed by atoms with Crippen molar-refractivity contribution in [2.45, 2.75) is 25.0 Å². The number of nitrogens with zero attached hydrogens (tertiary/aromatic N) is 2. The van der Waals surface area contributed by atoms with Crippen LogP contribution in [-0.2, 0) is 22.6 Å². The number of carboxylic acid groups (broad SMARTS) is 1. The first-order valence-electron chi connectivity index (χ1n) is 10.6. The Kier molecular flexibility index (Phi) is 5.01. The van der Waals surface area contributed by atoms with Gasteiger partial charge in [0.25, 0.3) is 11.8 Å². The summed E-state index contributed by atoms with van der Waals surface area (Å²) in [7, 11) is 0. The largest absolute Gasteiger partial charge is 0.479 e. The van der Waals surface area contributed by atoms with E-state index in [9.17, 15) is 24.3 Å². The van der Waals surface area contributed by atoms with E-state index in [0.717, 1.165) is 16.0 Å². The minimum absolute atomic E-state index is 0.0561. The molecule has 0 fully saturated rings. The van der Waals surface area contributed by atoms with Crippen LogP contribution >= 0.6 is 0 Å². The Labute approximate surface area is 189 Å². The van der Waals surface area contributed by atoms with E-state index in [2.05, 4.69) is 0 Å². The minimum Gasteiger partial charge on any atom is -0.479 e. The summed E-state index contributed by atoms with van der Waals surface area (Å²) in [6.07, 6.45) is 0.123. The van der Waals surface area contributed by atoms with E-state index in [1.807, 2.05) is 24.3 Å². The van der Waals surface area contributed by atoms with Crippen LogP contribution in [0.25, 0.3) is 0 Å². The van der Waals surface area contributed by atoms with Gasteiger partial charge in [0, 0.05) is 13.0 Å². The van der Waals surface area contributed by atoms with Crippen LogP contribution in [0.15, 0.2) is 78.9 Å². The fourth-order valence-corrected chi connectivity index (χ4v) is 4.66. The van der Waals surface area contributed by atoms with Crippen LogP contribution in [0.1, 0.15) is 43.4 Å². The maximum atomic E-state index is 13.9. The highest BCUT2D eigenvalue weighted by atomic mass is 16.4. The van der Waals surface area contributed by atoms with Gasteiger partial charge in [0.05, 0.1) is 11.1 Å². The Bertz CT molecular complexity index is 1250. The lowest BCUT2D eigenvalue weighted by Crippen LogP contribution is -2.52. The molecular weight excluding hydrogens is 420 g/mol. The number of imide groups is 1. The van der Waals surface area contributed by atoms with E-state index in [1.165, 1.54) is 4.90 Å². The Morgan fingerprint density at radius 1 is 0.788 bits per heavy atom. The number of aliphatic carboxylic acids is 1. The monoisotopic (exact) mass is 440 g/mol. The molecule has 2 atom stereocenters. The molecular formula is C26H20N2O5. The fraction of sp³-hybridized carbons (Fsp3) is 0.154. The summed E-state index contributed by atoms with van der Waals surface area (Å²) in [6.45, 7) is 0.0561. The van der Waals surface area contributed by atoms with E-state index >= 15 is 0 Å².